The molecule has 0 bridgehead atoms. The summed E-state index contributed by atoms with van der Waals surface area (Å²) in [5.41, 5.74) is -0.734. The Hall–Kier alpha value is -0.620. The van der Waals surface area contributed by atoms with E-state index in [1.54, 1.807) is 13.8 Å². The Balaban J connectivity index is 4.57. The zero-order valence-electron chi connectivity index (χ0n) is 8.94. The Morgan fingerprint density at radius 3 is 2.14 bits per heavy atom. The second-order valence-electron chi connectivity index (χ2n) is 3.99. The van der Waals surface area contributed by atoms with Crippen LogP contribution >= 0.6 is 0 Å². The topological polar surface area (TPSA) is 74.7 Å². The Labute approximate surface area is 84.6 Å². The van der Waals surface area contributed by atoms with Crippen molar-refractivity contribution in [2.45, 2.75) is 19.4 Å². The monoisotopic (exact) mass is 223 g/mol. The molecule has 0 saturated heterocycles. The van der Waals surface area contributed by atoms with Gasteiger partial charge in [-0.15, -0.1) is 0 Å². The van der Waals surface area contributed by atoms with Crippen LogP contribution in [0.1, 0.15) is 13.8 Å². The summed E-state index contributed by atoms with van der Waals surface area (Å²) in [5, 5.41) is 8.97. The molecule has 14 heavy (non-hydrogen) atoms. The van der Waals surface area contributed by atoms with E-state index in [2.05, 4.69) is 0 Å². The van der Waals surface area contributed by atoms with Crippen molar-refractivity contribution in [1.29, 1.82) is 0 Å². The van der Waals surface area contributed by atoms with Crippen LogP contribution in [0, 0.1) is 0 Å². The first kappa shape index (κ1) is 13.4. The Morgan fingerprint density at radius 2 is 1.86 bits per heavy atom. The van der Waals surface area contributed by atoms with Crippen molar-refractivity contribution >= 4 is 15.7 Å². The van der Waals surface area contributed by atoms with Gasteiger partial charge in [0.25, 0.3) is 0 Å². The van der Waals surface area contributed by atoms with E-state index in [1.807, 2.05) is 0 Å². The minimum Gasteiger partial charge on any atom is -0.394 e. The number of rotatable bonds is 4. The van der Waals surface area contributed by atoms with Crippen LogP contribution in [-0.4, -0.2) is 55.5 Å². The normalized spacial score (nSPS) is 12.6. The lowest BCUT2D eigenvalue weighted by Crippen LogP contribution is -2.49. The Kier molecular flexibility index (Phi) is 4.08. The van der Waals surface area contributed by atoms with E-state index in [9.17, 15) is 13.2 Å². The fourth-order valence-corrected chi connectivity index (χ4v) is 1.41. The van der Waals surface area contributed by atoms with Gasteiger partial charge < -0.3 is 10.0 Å². The van der Waals surface area contributed by atoms with Crippen LogP contribution in [-0.2, 0) is 14.6 Å². The van der Waals surface area contributed by atoms with Crippen LogP contribution in [0.4, 0.5) is 0 Å². The highest BCUT2D eigenvalue weighted by Gasteiger charge is 2.28. The van der Waals surface area contributed by atoms with E-state index in [0.717, 1.165) is 6.26 Å². The molecule has 84 valence electrons. The van der Waals surface area contributed by atoms with Gasteiger partial charge in [-0.3, -0.25) is 4.79 Å². The molecule has 1 N–H and O–H groups in total. The van der Waals surface area contributed by atoms with E-state index in [-0.39, 0.29) is 6.61 Å². The molecule has 0 saturated carbocycles. The van der Waals surface area contributed by atoms with Gasteiger partial charge in [0.05, 0.1) is 12.1 Å². The van der Waals surface area contributed by atoms with Crippen molar-refractivity contribution in [2.24, 2.45) is 0 Å². The van der Waals surface area contributed by atoms with Crippen LogP contribution in [0.3, 0.4) is 0 Å². The van der Waals surface area contributed by atoms with Crippen molar-refractivity contribution in [2.75, 3.05) is 25.7 Å². The summed E-state index contributed by atoms with van der Waals surface area (Å²) in [4.78, 5) is 12.6. The molecular formula is C8H17NO4S. The van der Waals surface area contributed by atoms with Crippen LogP contribution < -0.4 is 0 Å². The third kappa shape index (κ3) is 4.06. The number of hydrogen-bond donors (Lipinski definition) is 1. The van der Waals surface area contributed by atoms with Gasteiger partial charge in [0.2, 0.25) is 5.91 Å². The summed E-state index contributed by atoms with van der Waals surface area (Å²) >= 11 is 0. The molecule has 0 radical (unpaired) electrons. The van der Waals surface area contributed by atoms with Gasteiger partial charge >= 0.3 is 0 Å². The van der Waals surface area contributed by atoms with E-state index in [4.69, 9.17) is 5.11 Å². The standard InChI is InChI=1S/C8H17NO4S/c1-8(2,6-10)9(3)7(11)5-14(4,12)13/h10H,5-6H2,1-4H3. The van der Waals surface area contributed by atoms with Crippen LogP contribution in [0.25, 0.3) is 0 Å². The average molecular weight is 223 g/mol. The van der Waals surface area contributed by atoms with Gasteiger partial charge in [-0.1, -0.05) is 0 Å². The van der Waals surface area contributed by atoms with Crippen molar-refractivity contribution < 1.29 is 18.3 Å². The van der Waals surface area contributed by atoms with Crippen molar-refractivity contribution in [3.63, 3.8) is 0 Å². The second kappa shape index (κ2) is 4.27. The number of likely N-dealkylation sites (N-methyl/N-ethyl adjacent to an activating group) is 1. The molecule has 6 heteroatoms. The number of aliphatic hydroxyl groups is 1. The molecule has 0 atom stereocenters. The fraction of sp³-hybridized carbons (Fsp3) is 0.875. The predicted octanol–water partition coefficient (Wildman–Crippen LogP) is -0.740. The first-order chi connectivity index (χ1) is 6.10. The third-order valence-electron chi connectivity index (χ3n) is 2.05. The summed E-state index contributed by atoms with van der Waals surface area (Å²) in [6, 6.07) is 0. The summed E-state index contributed by atoms with van der Waals surface area (Å²) in [6.07, 6.45) is 1.00. The minimum absolute atomic E-state index is 0.209. The van der Waals surface area contributed by atoms with Crippen molar-refractivity contribution in [3.8, 4) is 0 Å². The van der Waals surface area contributed by atoms with Crippen molar-refractivity contribution in [1.82, 2.24) is 4.90 Å². The Bertz CT molecular complexity index is 307. The largest absolute Gasteiger partial charge is 0.394 e. The summed E-state index contributed by atoms with van der Waals surface area (Å²) < 4.78 is 21.7. The van der Waals surface area contributed by atoms with Gasteiger partial charge in [-0.2, -0.15) is 0 Å². The van der Waals surface area contributed by atoms with Gasteiger partial charge in [-0.05, 0) is 13.8 Å². The Morgan fingerprint density at radius 1 is 1.43 bits per heavy atom. The second-order valence-corrected chi connectivity index (χ2v) is 6.13. The maximum Gasteiger partial charge on any atom is 0.238 e. The molecule has 0 heterocycles. The lowest BCUT2D eigenvalue weighted by atomic mass is 10.1. The van der Waals surface area contributed by atoms with Gasteiger partial charge in [-0.25, -0.2) is 8.42 Å². The van der Waals surface area contributed by atoms with E-state index >= 15 is 0 Å². The molecule has 0 unspecified atom stereocenters. The SMILES string of the molecule is CN(C(=O)CS(C)(=O)=O)C(C)(C)CO. The lowest BCUT2D eigenvalue weighted by Gasteiger charge is -2.33. The molecule has 1 amide bonds. The number of carbonyl (C=O) groups is 1. The van der Waals surface area contributed by atoms with Crippen LogP contribution in [0.5, 0.6) is 0 Å². The molecule has 0 aliphatic carbocycles. The average Bonchev–Trinajstić information content (AvgIpc) is 2.00. The summed E-state index contributed by atoms with van der Waals surface area (Å²) in [5.74, 6) is -1.03. The molecule has 5 nitrogen and oxygen atoms in total. The molecule has 0 aromatic carbocycles. The predicted molar refractivity (Wildman–Crippen MR) is 53.6 cm³/mol. The van der Waals surface area contributed by atoms with Crippen LogP contribution in [0.15, 0.2) is 0 Å². The lowest BCUT2D eigenvalue weighted by molar-refractivity contribution is -0.133. The zero-order chi connectivity index (χ0) is 11.6. The quantitative estimate of drug-likeness (QED) is 0.681. The number of sulfone groups is 1. The van der Waals surface area contributed by atoms with E-state index < -0.39 is 27.0 Å². The minimum atomic E-state index is -3.31. The number of hydrogen-bond acceptors (Lipinski definition) is 4. The zero-order valence-corrected chi connectivity index (χ0v) is 9.76. The molecular weight excluding hydrogens is 206 g/mol. The number of nitrogens with zero attached hydrogens (tertiary/aromatic N) is 1. The van der Waals surface area contributed by atoms with Crippen molar-refractivity contribution in [3.05, 3.63) is 0 Å². The molecule has 0 aliphatic rings. The van der Waals surface area contributed by atoms with Gasteiger partial charge in [0.1, 0.15) is 5.75 Å². The first-order valence-corrected chi connectivity index (χ1v) is 6.21. The number of carbonyl (C=O) groups excluding carboxylic acids is 1. The molecule has 0 aliphatic heterocycles. The number of aliphatic hydroxyl groups excluding tert-OH is 1. The van der Waals surface area contributed by atoms with Gasteiger partial charge in [0.15, 0.2) is 9.84 Å². The highest BCUT2D eigenvalue weighted by molar-refractivity contribution is 7.91. The van der Waals surface area contributed by atoms with E-state index in [1.165, 1.54) is 11.9 Å². The highest BCUT2D eigenvalue weighted by Crippen LogP contribution is 2.11. The molecule has 0 aromatic rings. The maximum absolute atomic E-state index is 11.4. The first-order valence-electron chi connectivity index (χ1n) is 4.15. The highest BCUT2D eigenvalue weighted by atomic mass is 32.2. The third-order valence-corrected chi connectivity index (χ3v) is 2.83. The fourth-order valence-electron chi connectivity index (χ4n) is 0.765. The smallest absolute Gasteiger partial charge is 0.238 e. The molecule has 0 aromatic heterocycles. The summed E-state index contributed by atoms with van der Waals surface area (Å²) in [6.45, 7) is 3.11. The molecule has 0 spiro atoms. The molecule has 0 fully saturated rings. The maximum atomic E-state index is 11.4. The van der Waals surface area contributed by atoms with E-state index in [0.29, 0.717) is 0 Å². The van der Waals surface area contributed by atoms with Crippen LogP contribution in [0.2, 0.25) is 0 Å². The number of amides is 1. The molecule has 0 rings (SSSR count). The summed E-state index contributed by atoms with van der Waals surface area (Å²) in [7, 11) is -1.83. The van der Waals surface area contributed by atoms with Gasteiger partial charge in [0, 0.05) is 13.3 Å².